The molecule has 2 nitrogen and oxygen atoms in total. The lowest BCUT2D eigenvalue weighted by Crippen LogP contribution is -2.31. The molecular weight excluding hydrogens is 172 g/mol. The van der Waals surface area contributed by atoms with Crippen LogP contribution in [-0.4, -0.2) is 13.1 Å². The highest BCUT2D eigenvalue weighted by Gasteiger charge is 2.34. The molecule has 0 aliphatic carbocycles. The molecule has 0 aromatic heterocycles. The van der Waals surface area contributed by atoms with E-state index in [4.69, 9.17) is 0 Å². The van der Waals surface area contributed by atoms with Gasteiger partial charge in [0.25, 0.3) is 0 Å². The number of nitrogens with one attached hydrogen (secondary N) is 2. The topological polar surface area (TPSA) is 24.1 Å². The van der Waals surface area contributed by atoms with Gasteiger partial charge >= 0.3 is 0 Å². The van der Waals surface area contributed by atoms with E-state index in [2.05, 4.69) is 47.8 Å². The summed E-state index contributed by atoms with van der Waals surface area (Å²) in [5, 5.41) is 0. The summed E-state index contributed by atoms with van der Waals surface area (Å²) in [5.74, 6) is 0. The third-order valence-corrected chi connectivity index (χ3v) is 2.90. The van der Waals surface area contributed by atoms with E-state index in [1.54, 1.807) is 0 Å². The van der Waals surface area contributed by atoms with Crippen molar-refractivity contribution in [2.24, 2.45) is 0 Å². The second kappa shape index (κ2) is 3.95. The molecule has 0 atom stereocenters. The zero-order valence-electron chi connectivity index (χ0n) is 8.29. The average molecular weight is 188 g/mol. The summed E-state index contributed by atoms with van der Waals surface area (Å²) < 4.78 is 0. The molecule has 0 saturated carbocycles. The highest BCUT2D eigenvalue weighted by atomic mass is 15.4. The van der Waals surface area contributed by atoms with Gasteiger partial charge in [-0.2, -0.15) is 0 Å². The Labute approximate surface area is 85.0 Å². The third-order valence-electron chi connectivity index (χ3n) is 2.90. The number of allylic oxidation sites excluding steroid dienone is 1. The molecule has 1 fully saturated rings. The van der Waals surface area contributed by atoms with Crippen LogP contribution in [0.3, 0.4) is 0 Å². The summed E-state index contributed by atoms with van der Waals surface area (Å²) >= 11 is 0. The Kier molecular flexibility index (Phi) is 2.66. The van der Waals surface area contributed by atoms with Crippen molar-refractivity contribution in [3.63, 3.8) is 0 Å². The largest absolute Gasteiger partial charge is 0.257 e. The van der Waals surface area contributed by atoms with E-state index in [1.165, 1.54) is 5.56 Å². The summed E-state index contributed by atoms with van der Waals surface area (Å²) in [7, 11) is 0. The van der Waals surface area contributed by atoms with Gasteiger partial charge in [0, 0.05) is 18.5 Å². The first-order chi connectivity index (χ1) is 6.87. The summed E-state index contributed by atoms with van der Waals surface area (Å²) in [6, 6.07) is 10.6. The molecule has 2 heteroatoms. The van der Waals surface area contributed by atoms with Gasteiger partial charge in [-0.3, -0.25) is 10.9 Å². The molecule has 1 saturated heterocycles. The van der Waals surface area contributed by atoms with Gasteiger partial charge in [-0.15, -0.1) is 6.58 Å². The van der Waals surface area contributed by atoms with E-state index < -0.39 is 0 Å². The van der Waals surface area contributed by atoms with Crippen LogP contribution >= 0.6 is 0 Å². The number of benzene rings is 1. The SMILES string of the molecule is C=CCC1(c2ccccc2)CNNC1. The Morgan fingerprint density at radius 1 is 1.21 bits per heavy atom. The van der Waals surface area contributed by atoms with Gasteiger partial charge in [-0.05, 0) is 12.0 Å². The van der Waals surface area contributed by atoms with Crippen LogP contribution in [0, 0.1) is 0 Å². The highest BCUT2D eigenvalue weighted by molar-refractivity contribution is 5.28. The first-order valence-corrected chi connectivity index (χ1v) is 4.99. The van der Waals surface area contributed by atoms with Crippen molar-refractivity contribution >= 4 is 0 Å². The molecule has 1 heterocycles. The van der Waals surface area contributed by atoms with E-state index in [0.717, 1.165) is 19.5 Å². The quantitative estimate of drug-likeness (QED) is 0.704. The van der Waals surface area contributed by atoms with E-state index in [1.807, 2.05) is 6.08 Å². The van der Waals surface area contributed by atoms with Gasteiger partial charge in [-0.25, -0.2) is 0 Å². The van der Waals surface area contributed by atoms with Crippen molar-refractivity contribution in [1.29, 1.82) is 0 Å². The van der Waals surface area contributed by atoms with Crippen molar-refractivity contribution in [2.45, 2.75) is 11.8 Å². The minimum Gasteiger partial charge on any atom is -0.257 e. The van der Waals surface area contributed by atoms with Crippen LogP contribution in [0.1, 0.15) is 12.0 Å². The number of hydrazine groups is 1. The van der Waals surface area contributed by atoms with Crippen LogP contribution in [0.15, 0.2) is 43.0 Å². The second-order valence-corrected chi connectivity index (χ2v) is 3.85. The fourth-order valence-corrected chi connectivity index (χ4v) is 2.06. The average Bonchev–Trinajstić information content (AvgIpc) is 2.70. The lowest BCUT2D eigenvalue weighted by molar-refractivity contribution is 0.503. The lowest BCUT2D eigenvalue weighted by atomic mass is 9.78. The standard InChI is InChI=1S/C12H16N2/c1-2-8-12(9-13-14-10-12)11-6-4-3-5-7-11/h2-7,13-14H,1,8-10H2. The molecule has 2 rings (SSSR count). The smallest absolute Gasteiger partial charge is 0.0264 e. The zero-order chi connectivity index (χ0) is 9.86. The molecule has 74 valence electrons. The maximum atomic E-state index is 3.84. The fourth-order valence-electron chi connectivity index (χ4n) is 2.06. The molecule has 0 bridgehead atoms. The van der Waals surface area contributed by atoms with Crippen LogP contribution < -0.4 is 10.9 Å². The Morgan fingerprint density at radius 2 is 1.86 bits per heavy atom. The molecule has 2 N–H and O–H groups in total. The highest BCUT2D eigenvalue weighted by Crippen LogP contribution is 2.29. The maximum Gasteiger partial charge on any atom is 0.0264 e. The van der Waals surface area contributed by atoms with Gasteiger partial charge in [0.2, 0.25) is 0 Å². The van der Waals surface area contributed by atoms with Crippen LogP contribution in [0.5, 0.6) is 0 Å². The summed E-state index contributed by atoms with van der Waals surface area (Å²) in [4.78, 5) is 0. The minimum atomic E-state index is 0.197. The molecular formula is C12H16N2. The van der Waals surface area contributed by atoms with Crippen LogP contribution in [0.4, 0.5) is 0 Å². The predicted octanol–water partition coefficient (Wildman–Crippen LogP) is 1.61. The molecule has 1 aliphatic heterocycles. The van der Waals surface area contributed by atoms with Gasteiger partial charge in [0.15, 0.2) is 0 Å². The summed E-state index contributed by atoms with van der Waals surface area (Å²) in [5.41, 5.74) is 7.98. The van der Waals surface area contributed by atoms with Gasteiger partial charge in [0.05, 0.1) is 0 Å². The van der Waals surface area contributed by atoms with Gasteiger partial charge in [-0.1, -0.05) is 36.4 Å². The third kappa shape index (κ3) is 1.59. The lowest BCUT2D eigenvalue weighted by Gasteiger charge is -2.26. The Hall–Kier alpha value is -1.12. The van der Waals surface area contributed by atoms with Crippen molar-refractivity contribution in [3.8, 4) is 0 Å². The van der Waals surface area contributed by atoms with Gasteiger partial charge in [0.1, 0.15) is 0 Å². The Bertz CT molecular complexity index is 299. The van der Waals surface area contributed by atoms with E-state index in [9.17, 15) is 0 Å². The van der Waals surface area contributed by atoms with E-state index in [0.29, 0.717) is 0 Å². The predicted molar refractivity (Wildman–Crippen MR) is 58.9 cm³/mol. The second-order valence-electron chi connectivity index (χ2n) is 3.85. The normalized spacial score (nSPS) is 19.4. The fraction of sp³-hybridized carbons (Fsp3) is 0.333. The summed E-state index contributed by atoms with van der Waals surface area (Å²) in [6.07, 6.45) is 3.01. The molecule has 1 aromatic rings. The van der Waals surface area contributed by atoms with E-state index in [-0.39, 0.29) is 5.41 Å². The van der Waals surface area contributed by atoms with Crippen molar-refractivity contribution in [3.05, 3.63) is 48.6 Å². The van der Waals surface area contributed by atoms with Crippen LogP contribution in [-0.2, 0) is 5.41 Å². The van der Waals surface area contributed by atoms with Crippen LogP contribution in [0.2, 0.25) is 0 Å². The molecule has 1 aromatic carbocycles. The number of hydrogen-bond donors (Lipinski definition) is 2. The Balaban J connectivity index is 2.31. The van der Waals surface area contributed by atoms with Crippen molar-refractivity contribution in [2.75, 3.05) is 13.1 Å². The molecule has 0 unspecified atom stereocenters. The molecule has 0 amide bonds. The van der Waals surface area contributed by atoms with E-state index >= 15 is 0 Å². The first-order valence-electron chi connectivity index (χ1n) is 4.99. The van der Waals surface area contributed by atoms with Crippen molar-refractivity contribution < 1.29 is 0 Å². The minimum absolute atomic E-state index is 0.197. The van der Waals surface area contributed by atoms with Crippen molar-refractivity contribution in [1.82, 2.24) is 10.9 Å². The monoisotopic (exact) mass is 188 g/mol. The number of rotatable bonds is 3. The Morgan fingerprint density at radius 3 is 2.43 bits per heavy atom. The molecule has 1 aliphatic rings. The first kappa shape index (κ1) is 9.44. The zero-order valence-corrected chi connectivity index (χ0v) is 8.29. The molecule has 0 radical (unpaired) electrons. The van der Waals surface area contributed by atoms with Gasteiger partial charge < -0.3 is 0 Å². The molecule has 14 heavy (non-hydrogen) atoms. The number of hydrogen-bond acceptors (Lipinski definition) is 2. The maximum absolute atomic E-state index is 3.84. The van der Waals surface area contributed by atoms with Crippen LogP contribution in [0.25, 0.3) is 0 Å². The molecule has 0 spiro atoms. The summed E-state index contributed by atoms with van der Waals surface area (Å²) in [6.45, 7) is 5.79.